The van der Waals surface area contributed by atoms with Gasteiger partial charge >= 0.3 is 5.97 Å². The van der Waals surface area contributed by atoms with Gasteiger partial charge in [-0.15, -0.1) is 0 Å². The summed E-state index contributed by atoms with van der Waals surface area (Å²) in [7, 11) is 1.75. The normalized spacial score (nSPS) is 23.6. The van der Waals surface area contributed by atoms with Crippen LogP contribution in [0, 0.1) is 0 Å². The molecule has 0 spiro atoms. The molecule has 144 valence electrons. The Morgan fingerprint density at radius 1 is 1.32 bits per heavy atom. The maximum absolute atomic E-state index is 12.8. The number of morpholine rings is 1. The number of hydrogen-bond donors (Lipinski definition) is 1. The Labute approximate surface area is 150 Å². The van der Waals surface area contributed by atoms with Crippen LogP contribution in [0.4, 0.5) is 0 Å². The number of carboxylic acids is 1. The number of ether oxygens (including phenoxy) is 2. The second-order valence-electron chi connectivity index (χ2n) is 7.16. The molecule has 2 atom stereocenters. The van der Waals surface area contributed by atoms with Crippen molar-refractivity contribution in [3.05, 3.63) is 0 Å². The van der Waals surface area contributed by atoms with Crippen molar-refractivity contribution in [3.8, 4) is 0 Å². The molecule has 0 radical (unpaired) electrons. The van der Waals surface area contributed by atoms with Gasteiger partial charge in [0.05, 0.1) is 25.4 Å². The fraction of sp³-hybridized carbons (Fsp3) is 0.889. The minimum Gasteiger partial charge on any atom is -0.480 e. The van der Waals surface area contributed by atoms with Crippen molar-refractivity contribution in [2.24, 2.45) is 0 Å². The van der Waals surface area contributed by atoms with Crippen LogP contribution in [-0.2, 0) is 19.1 Å². The number of aliphatic carboxylic acids is 1. The number of rotatable bonds is 8. The van der Waals surface area contributed by atoms with Crippen LogP contribution in [0.25, 0.3) is 0 Å². The number of nitrogens with zero attached hydrogens (tertiary/aromatic N) is 2. The number of carbonyl (C=O) groups is 2. The molecule has 0 aromatic heterocycles. The molecule has 1 saturated heterocycles. The van der Waals surface area contributed by atoms with Crippen molar-refractivity contribution in [1.29, 1.82) is 0 Å². The molecule has 25 heavy (non-hydrogen) atoms. The van der Waals surface area contributed by atoms with Gasteiger partial charge in [-0.25, -0.2) is 0 Å². The van der Waals surface area contributed by atoms with Gasteiger partial charge in [-0.3, -0.25) is 14.5 Å². The van der Waals surface area contributed by atoms with Gasteiger partial charge in [0.2, 0.25) is 0 Å². The Kier molecular flexibility index (Phi) is 8.12. The molecule has 1 heterocycles. The van der Waals surface area contributed by atoms with Gasteiger partial charge in [-0.05, 0) is 26.3 Å². The Morgan fingerprint density at radius 2 is 2.04 bits per heavy atom. The summed E-state index contributed by atoms with van der Waals surface area (Å²) in [5.41, 5.74) is 0. The lowest BCUT2D eigenvalue weighted by Gasteiger charge is -2.37. The number of likely N-dealkylation sites (N-methyl/N-ethyl adjacent to an activating group) is 1. The first-order chi connectivity index (χ1) is 12.0. The molecule has 7 heteroatoms. The van der Waals surface area contributed by atoms with Gasteiger partial charge in [-0.2, -0.15) is 0 Å². The molecule has 2 fully saturated rings. The van der Waals surface area contributed by atoms with Gasteiger partial charge in [0, 0.05) is 19.6 Å². The number of carboxylic acid groups (broad SMARTS) is 1. The van der Waals surface area contributed by atoms with E-state index in [1.54, 1.807) is 11.9 Å². The van der Waals surface area contributed by atoms with E-state index < -0.39 is 5.97 Å². The molecule has 7 nitrogen and oxygen atoms in total. The average Bonchev–Trinajstić information content (AvgIpc) is 2.59. The summed E-state index contributed by atoms with van der Waals surface area (Å²) in [6.07, 6.45) is 6.09. The van der Waals surface area contributed by atoms with Crippen molar-refractivity contribution in [2.75, 3.05) is 39.8 Å². The van der Waals surface area contributed by atoms with Crippen LogP contribution < -0.4 is 0 Å². The number of carbonyl (C=O) groups excluding carboxylic acids is 1. The van der Waals surface area contributed by atoms with Crippen molar-refractivity contribution in [3.63, 3.8) is 0 Å². The van der Waals surface area contributed by atoms with Gasteiger partial charge < -0.3 is 19.5 Å². The summed E-state index contributed by atoms with van der Waals surface area (Å²) in [4.78, 5) is 27.2. The lowest BCUT2D eigenvalue weighted by Crippen LogP contribution is -2.52. The standard InChI is InChI=1S/C18H32N2O5/c1-3-16(25-14-7-5-4-6-8-14)18(23)20-9-10-24-15(12-20)11-19(2)13-17(21)22/h14-16H,3-13H2,1-2H3,(H,21,22). The van der Waals surface area contributed by atoms with E-state index in [-0.39, 0.29) is 30.8 Å². The third-order valence-corrected chi connectivity index (χ3v) is 4.93. The van der Waals surface area contributed by atoms with Crippen LogP contribution in [-0.4, -0.2) is 84.9 Å². The molecular formula is C18H32N2O5. The van der Waals surface area contributed by atoms with Crippen molar-refractivity contribution in [2.45, 2.75) is 63.8 Å². The molecule has 2 unspecified atom stereocenters. The summed E-state index contributed by atoms with van der Waals surface area (Å²) in [5.74, 6) is -0.819. The molecule has 2 aliphatic rings. The monoisotopic (exact) mass is 356 g/mol. The molecule has 0 bridgehead atoms. The van der Waals surface area contributed by atoms with Gasteiger partial charge in [0.1, 0.15) is 6.10 Å². The smallest absolute Gasteiger partial charge is 0.317 e. The maximum Gasteiger partial charge on any atom is 0.317 e. The number of hydrogen-bond acceptors (Lipinski definition) is 5. The van der Waals surface area contributed by atoms with E-state index >= 15 is 0 Å². The molecule has 0 aromatic carbocycles. The predicted octanol–water partition coefficient (Wildman–Crippen LogP) is 1.36. The van der Waals surface area contributed by atoms with Crippen molar-refractivity contribution in [1.82, 2.24) is 9.80 Å². The lowest BCUT2D eigenvalue weighted by atomic mass is 9.97. The van der Waals surface area contributed by atoms with Gasteiger partial charge in [0.25, 0.3) is 5.91 Å². The lowest BCUT2D eigenvalue weighted by molar-refractivity contribution is -0.157. The van der Waals surface area contributed by atoms with Crippen LogP contribution in [0.1, 0.15) is 45.4 Å². The van der Waals surface area contributed by atoms with Crippen LogP contribution in [0.3, 0.4) is 0 Å². The zero-order valence-corrected chi connectivity index (χ0v) is 15.5. The SMILES string of the molecule is CCC(OC1CCCCC1)C(=O)N1CCOC(CN(C)CC(=O)O)C1. The highest BCUT2D eigenvalue weighted by molar-refractivity contribution is 5.81. The first-order valence-corrected chi connectivity index (χ1v) is 9.45. The highest BCUT2D eigenvalue weighted by Crippen LogP contribution is 2.23. The molecule has 1 aliphatic carbocycles. The largest absolute Gasteiger partial charge is 0.480 e. The van der Waals surface area contributed by atoms with E-state index in [2.05, 4.69) is 0 Å². The Morgan fingerprint density at radius 3 is 2.68 bits per heavy atom. The van der Waals surface area contributed by atoms with Crippen molar-refractivity contribution < 1.29 is 24.2 Å². The summed E-state index contributed by atoms with van der Waals surface area (Å²) in [6.45, 7) is 4.00. The fourth-order valence-electron chi connectivity index (χ4n) is 3.64. The maximum atomic E-state index is 12.8. The number of amides is 1. The predicted molar refractivity (Wildman–Crippen MR) is 93.5 cm³/mol. The third kappa shape index (κ3) is 6.56. The molecule has 1 N–H and O–H groups in total. The van der Waals surface area contributed by atoms with E-state index in [1.165, 1.54) is 19.3 Å². The minimum atomic E-state index is -0.863. The first-order valence-electron chi connectivity index (χ1n) is 9.45. The van der Waals surface area contributed by atoms with Gasteiger partial charge in [-0.1, -0.05) is 26.2 Å². The topological polar surface area (TPSA) is 79.3 Å². The second kappa shape index (κ2) is 10.1. The Hall–Kier alpha value is -1.18. The average molecular weight is 356 g/mol. The molecule has 1 aliphatic heterocycles. The van der Waals surface area contributed by atoms with E-state index in [1.807, 2.05) is 11.8 Å². The Balaban J connectivity index is 1.84. The van der Waals surface area contributed by atoms with Crippen LogP contribution in [0.5, 0.6) is 0 Å². The van der Waals surface area contributed by atoms with Crippen LogP contribution in [0.2, 0.25) is 0 Å². The van der Waals surface area contributed by atoms with Crippen LogP contribution in [0.15, 0.2) is 0 Å². The van der Waals surface area contributed by atoms with E-state index in [9.17, 15) is 9.59 Å². The fourth-order valence-corrected chi connectivity index (χ4v) is 3.64. The first kappa shape index (κ1) is 20.1. The third-order valence-electron chi connectivity index (χ3n) is 4.93. The summed E-state index contributed by atoms with van der Waals surface area (Å²) in [5, 5.41) is 8.85. The highest BCUT2D eigenvalue weighted by Gasteiger charge is 2.31. The second-order valence-corrected chi connectivity index (χ2v) is 7.16. The molecule has 2 rings (SSSR count). The molecule has 1 amide bonds. The van der Waals surface area contributed by atoms with E-state index in [4.69, 9.17) is 14.6 Å². The molecule has 0 aromatic rings. The van der Waals surface area contributed by atoms with Gasteiger partial charge in [0.15, 0.2) is 0 Å². The van der Waals surface area contributed by atoms with Crippen LogP contribution >= 0.6 is 0 Å². The quantitative estimate of drug-likeness (QED) is 0.707. The zero-order valence-electron chi connectivity index (χ0n) is 15.5. The molecule has 1 saturated carbocycles. The van der Waals surface area contributed by atoms with E-state index in [0.717, 1.165) is 12.8 Å². The minimum absolute atomic E-state index is 0.0316. The summed E-state index contributed by atoms with van der Waals surface area (Å²) in [6, 6.07) is 0. The van der Waals surface area contributed by atoms with Crippen molar-refractivity contribution >= 4 is 11.9 Å². The summed E-state index contributed by atoms with van der Waals surface area (Å²) >= 11 is 0. The highest BCUT2D eigenvalue weighted by atomic mass is 16.5. The molecular weight excluding hydrogens is 324 g/mol. The van der Waals surface area contributed by atoms with E-state index in [0.29, 0.717) is 32.7 Å². The zero-order chi connectivity index (χ0) is 18.2. The Bertz CT molecular complexity index is 439. The summed E-state index contributed by atoms with van der Waals surface area (Å²) < 4.78 is 11.8.